The first-order valence-electron chi connectivity index (χ1n) is 9.05. The largest absolute Gasteiger partial charge is 0.293 e. The van der Waals surface area contributed by atoms with Gasteiger partial charge < -0.3 is 0 Å². The van der Waals surface area contributed by atoms with E-state index < -0.39 is 0 Å². The van der Waals surface area contributed by atoms with Crippen LogP contribution in [-0.2, 0) is 19.4 Å². The van der Waals surface area contributed by atoms with Gasteiger partial charge in [0.2, 0.25) is 0 Å². The number of ketones is 1. The van der Waals surface area contributed by atoms with Gasteiger partial charge in [0.25, 0.3) is 5.56 Å². The van der Waals surface area contributed by atoms with Gasteiger partial charge in [0, 0.05) is 22.0 Å². The van der Waals surface area contributed by atoms with Gasteiger partial charge in [0.1, 0.15) is 4.83 Å². The van der Waals surface area contributed by atoms with E-state index in [2.05, 4.69) is 0 Å². The minimum atomic E-state index is 0.00253. The number of nitrogens with zero attached hydrogens (tertiary/aromatic N) is 2. The first-order chi connectivity index (χ1) is 13.1. The summed E-state index contributed by atoms with van der Waals surface area (Å²) in [5, 5.41) is 2.04. The fourth-order valence-electron chi connectivity index (χ4n) is 3.44. The summed E-state index contributed by atoms with van der Waals surface area (Å²) in [5.41, 5.74) is 1.86. The number of benzene rings is 1. The normalized spacial score (nSPS) is 13.3. The molecule has 0 unspecified atom stereocenters. The molecule has 1 aromatic carbocycles. The number of halogens is 1. The topological polar surface area (TPSA) is 52.0 Å². The number of aromatic nitrogens is 2. The van der Waals surface area contributed by atoms with Crippen molar-refractivity contribution in [2.45, 2.75) is 44.3 Å². The van der Waals surface area contributed by atoms with E-state index in [1.54, 1.807) is 40.2 Å². The monoisotopic (exact) mass is 418 g/mol. The molecule has 1 aliphatic rings. The van der Waals surface area contributed by atoms with Crippen LogP contribution in [0.1, 0.15) is 40.6 Å². The van der Waals surface area contributed by atoms with Gasteiger partial charge in [-0.25, -0.2) is 4.98 Å². The predicted molar refractivity (Wildman–Crippen MR) is 113 cm³/mol. The molecule has 27 heavy (non-hydrogen) atoms. The Bertz CT molecular complexity index is 1070. The van der Waals surface area contributed by atoms with Gasteiger partial charge in [-0.15, -0.1) is 11.3 Å². The van der Waals surface area contributed by atoms with Crippen molar-refractivity contribution < 1.29 is 4.79 Å². The Hall–Kier alpha value is -1.63. The van der Waals surface area contributed by atoms with E-state index in [0.717, 1.165) is 35.9 Å². The van der Waals surface area contributed by atoms with Gasteiger partial charge in [0.15, 0.2) is 10.9 Å². The standard InChI is InChI=1S/C20H19ClN2O2S2/c1-2-10-23-19(25)17-14-4-3-5-16(14)27-18(17)22-20(23)26-11-15(24)12-6-8-13(21)9-7-12/h6-9H,2-5,10-11H2,1H3. The molecule has 140 valence electrons. The molecule has 7 heteroatoms. The molecule has 0 aliphatic heterocycles. The number of thioether (sulfide) groups is 1. The summed E-state index contributed by atoms with van der Waals surface area (Å²) in [5.74, 6) is 0.247. The first-order valence-corrected chi connectivity index (χ1v) is 11.2. The smallest absolute Gasteiger partial charge is 0.263 e. The Morgan fingerprint density at radius 2 is 2.07 bits per heavy atom. The summed E-state index contributed by atoms with van der Waals surface area (Å²) in [6, 6.07) is 6.88. The van der Waals surface area contributed by atoms with Crippen LogP contribution in [-0.4, -0.2) is 21.1 Å². The number of carbonyl (C=O) groups is 1. The van der Waals surface area contributed by atoms with E-state index in [1.807, 2.05) is 6.92 Å². The highest BCUT2D eigenvalue weighted by Gasteiger charge is 2.23. The van der Waals surface area contributed by atoms with Crippen LogP contribution < -0.4 is 5.56 Å². The van der Waals surface area contributed by atoms with Crippen molar-refractivity contribution in [1.82, 2.24) is 9.55 Å². The zero-order valence-electron chi connectivity index (χ0n) is 15.0. The second kappa shape index (κ2) is 7.78. The second-order valence-electron chi connectivity index (χ2n) is 6.61. The van der Waals surface area contributed by atoms with Gasteiger partial charge in [-0.05, 0) is 55.5 Å². The highest BCUT2D eigenvalue weighted by atomic mass is 35.5. The van der Waals surface area contributed by atoms with Gasteiger partial charge in [0.05, 0.1) is 11.1 Å². The molecular weight excluding hydrogens is 400 g/mol. The molecule has 0 atom stereocenters. The number of hydrogen-bond acceptors (Lipinski definition) is 5. The Labute approximate surface area is 170 Å². The maximum absolute atomic E-state index is 13.1. The van der Waals surface area contributed by atoms with Crippen LogP contribution in [0.4, 0.5) is 0 Å². The van der Waals surface area contributed by atoms with Gasteiger partial charge in [-0.2, -0.15) is 0 Å². The third-order valence-electron chi connectivity index (χ3n) is 4.74. The molecule has 0 bridgehead atoms. The summed E-state index contributed by atoms with van der Waals surface area (Å²) in [6.07, 6.45) is 3.98. The van der Waals surface area contributed by atoms with Gasteiger partial charge in [-0.1, -0.05) is 30.3 Å². The maximum Gasteiger partial charge on any atom is 0.263 e. The summed E-state index contributed by atoms with van der Waals surface area (Å²) in [4.78, 5) is 32.5. The molecule has 0 radical (unpaired) electrons. The summed E-state index contributed by atoms with van der Waals surface area (Å²) in [7, 11) is 0. The molecule has 1 aliphatic carbocycles. The van der Waals surface area contributed by atoms with Crippen LogP contribution in [0.2, 0.25) is 5.02 Å². The Morgan fingerprint density at radius 1 is 1.30 bits per heavy atom. The maximum atomic E-state index is 13.1. The number of fused-ring (bicyclic) bond motifs is 3. The quantitative estimate of drug-likeness (QED) is 0.321. The number of hydrogen-bond donors (Lipinski definition) is 0. The molecule has 2 aromatic heterocycles. The summed E-state index contributed by atoms with van der Waals surface area (Å²) >= 11 is 8.86. The fraction of sp³-hybridized carbons (Fsp3) is 0.350. The van der Waals surface area contributed by atoms with Crippen LogP contribution in [0.5, 0.6) is 0 Å². The van der Waals surface area contributed by atoms with E-state index >= 15 is 0 Å². The number of carbonyl (C=O) groups excluding carboxylic acids is 1. The third-order valence-corrected chi connectivity index (χ3v) is 7.15. The van der Waals surface area contributed by atoms with Crippen LogP contribution >= 0.6 is 34.7 Å². The van der Waals surface area contributed by atoms with E-state index in [9.17, 15) is 9.59 Å². The van der Waals surface area contributed by atoms with Crippen LogP contribution in [0.15, 0.2) is 34.2 Å². The van der Waals surface area contributed by atoms with Crippen LogP contribution in [0.3, 0.4) is 0 Å². The van der Waals surface area contributed by atoms with Gasteiger partial charge in [-0.3, -0.25) is 14.2 Å². The zero-order valence-corrected chi connectivity index (χ0v) is 17.3. The Morgan fingerprint density at radius 3 is 2.81 bits per heavy atom. The van der Waals surface area contributed by atoms with Crippen LogP contribution in [0.25, 0.3) is 10.2 Å². The van der Waals surface area contributed by atoms with E-state index in [4.69, 9.17) is 16.6 Å². The highest BCUT2D eigenvalue weighted by molar-refractivity contribution is 7.99. The molecule has 4 rings (SSSR count). The fourth-order valence-corrected chi connectivity index (χ4v) is 5.79. The molecule has 0 spiro atoms. The zero-order chi connectivity index (χ0) is 19.0. The molecule has 3 aromatic rings. The van der Waals surface area contributed by atoms with E-state index in [0.29, 0.717) is 22.3 Å². The van der Waals surface area contributed by atoms with E-state index in [-0.39, 0.29) is 17.1 Å². The predicted octanol–water partition coefficient (Wildman–Crippen LogP) is 4.99. The number of thiophene rings is 1. The highest BCUT2D eigenvalue weighted by Crippen LogP contribution is 2.35. The van der Waals surface area contributed by atoms with Crippen molar-refractivity contribution in [3.8, 4) is 0 Å². The Kier molecular flexibility index (Phi) is 5.39. The lowest BCUT2D eigenvalue weighted by Crippen LogP contribution is -2.23. The minimum absolute atomic E-state index is 0.00253. The molecule has 4 nitrogen and oxygen atoms in total. The lowest BCUT2D eigenvalue weighted by molar-refractivity contribution is 0.102. The average Bonchev–Trinajstić information content (AvgIpc) is 3.23. The van der Waals surface area contributed by atoms with Gasteiger partial charge >= 0.3 is 0 Å². The molecular formula is C20H19ClN2O2S2. The molecule has 0 saturated carbocycles. The lowest BCUT2D eigenvalue weighted by Gasteiger charge is -2.11. The lowest BCUT2D eigenvalue weighted by atomic mass is 10.1. The Balaban J connectivity index is 1.66. The third kappa shape index (κ3) is 3.58. The number of aryl methyl sites for hydroxylation is 2. The van der Waals surface area contributed by atoms with Crippen molar-refractivity contribution in [2.24, 2.45) is 0 Å². The van der Waals surface area contributed by atoms with Crippen molar-refractivity contribution in [3.63, 3.8) is 0 Å². The molecule has 0 saturated heterocycles. The minimum Gasteiger partial charge on any atom is -0.293 e. The molecule has 2 heterocycles. The second-order valence-corrected chi connectivity index (χ2v) is 9.07. The molecule has 0 N–H and O–H groups in total. The SMILES string of the molecule is CCCn1c(SCC(=O)c2ccc(Cl)cc2)nc2sc3c(c2c1=O)CCC3. The van der Waals surface area contributed by atoms with E-state index in [1.165, 1.54) is 22.2 Å². The first kappa shape index (κ1) is 18.7. The molecule has 0 amide bonds. The van der Waals surface area contributed by atoms with Crippen LogP contribution in [0, 0.1) is 0 Å². The van der Waals surface area contributed by atoms with Crippen molar-refractivity contribution >= 4 is 50.7 Å². The number of rotatable bonds is 6. The van der Waals surface area contributed by atoms with Crippen molar-refractivity contribution in [1.29, 1.82) is 0 Å². The van der Waals surface area contributed by atoms with Crippen molar-refractivity contribution in [2.75, 3.05) is 5.75 Å². The van der Waals surface area contributed by atoms with Crippen molar-refractivity contribution in [3.05, 3.63) is 55.6 Å². The average molecular weight is 419 g/mol. The molecule has 0 fully saturated rings. The number of Topliss-reactive ketones (excluding diaryl/α,β-unsaturated/α-hetero) is 1. The summed E-state index contributed by atoms with van der Waals surface area (Å²) in [6.45, 7) is 2.66. The summed E-state index contributed by atoms with van der Waals surface area (Å²) < 4.78 is 1.74.